The number of nitrogens with zero attached hydrogens (tertiary/aromatic N) is 3. The third kappa shape index (κ3) is 3.74. The maximum atomic E-state index is 12.3. The zero-order valence-corrected chi connectivity index (χ0v) is 17.0. The van der Waals surface area contributed by atoms with Crippen LogP contribution in [0.1, 0.15) is 25.7 Å². The Hall–Kier alpha value is -3.39. The third-order valence-electron chi connectivity index (χ3n) is 5.96. The van der Waals surface area contributed by atoms with Crippen LogP contribution in [0.25, 0.3) is 10.9 Å². The summed E-state index contributed by atoms with van der Waals surface area (Å²) in [6.45, 7) is 2.09. The molecule has 160 valence electrons. The van der Waals surface area contributed by atoms with E-state index in [1.165, 1.54) is 0 Å². The maximum Gasteiger partial charge on any atom is 0.269 e. The van der Waals surface area contributed by atoms with Crippen molar-refractivity contribution in [2.75, 3.05) is 44.7 Å². The molecule has 0 atom stereocenters. The van der Waals surface area contributed by atoms with Gasteiger partial charge in [-0.05, 0) is 29.8 Å². The number of ether oxygens (including phenoxy) is 1. The number of carbonyl (C=O) groups is 1. The zero-order chi connectivity index (χ0) is 23.9. The number of carbonyl (C=O) groups excluding carboxylic acids is 1. The molecule has 2 aliphatic rings. The molecule has 2 aliphatic heterocycles. The molecule has 1 fully saturated rings. The quantitative estimate of drug-likeness (QED) is 0.663. The number of pyridine rings is 2. The van der Waals surface area contributed by atoms with Gasteiger partial charge >= 0.3 is 0 Å². The maximum absolute atomic E-state index is 12.3. The van der Waals surface area contributed by atoms with Gasteiger partial charge in [-0.15, -0.1) is 0 Å². The number of nitrogens with one attached hydrogen (secondary N) is 2. The molecule has 1 saturated heterocycles. The SMILES string of the molecule is [2H]C([2H])([2H])NC(=O)c1ccc(N2CCN(Cc3ccc4c5c(c(=O)[nH]c4c3)CCO5)CC2)cn1. The average molecular weight is 423 g/mol. The van der Waals surface area contributed by atoms with E-state index in [0.29, 0.717) is 13.0 Å². The van der Waals surface area contributed by atoms with E-state index in [1.54, 1.807) is 18.3 Å². The Morgan fingerprint density at radius 2 is 2.13 bits per heavy atom. The van der Waals surface area contributed by atoms with Crippen molar-refractivity contribution in [3.05, 3.63) is 63.7 Å². The Morgan fingerprint density at radius 1 is 1.26 bits per heavy atom. The summed E-state index contributed by atoms with van der Waals surface area (Å²) in [5, 5.41) is 2.89. The molecule has 8 nitrogen and oxygen atoms in total. The van der Waals surface area contributed by atoms with E-state index in [-0.39, 0.29) is 11.3 Å². The molecule has 0 bridgehead atoms. The van der Waals surface area contributed by atoms with Crippen molar-refractivity contribution in [3.63, 3.8) is 0 Å². The van der Waals surface area contributed by atoms with E-state index >= 15 is 0 Å². The minimum atomic E-state index is -2.54. The first kappa shape index (κ1) is 16.3. The van der Waals surface area contributed by atoms with Gasteiger partial charge in [0.1, 0.15) is 11.4 Å². The molecule has 1 amide bonds. The molecule has 4 heterocycles. The number of hydrogen-bond acceptors (Lipinski definition) is 6. The number of aromatic nitrogens is 2. The standard InChI is InChI=1S/C23H25N5O3/c1-24-23(30)19-5-3-16(13-25-19)28-9-7-27(8-10-28)14-15-2-4-17-20(12-15)26-22(29)18-6-11-31-21(17)18/h2-5,12-13H,6-11,14H2,1H3,(H,24,30)(H,26,29)/i1D3. The van der Waals surface area contributed by atoms with Crippen molar-refractivity contribution in [2.24, 2.45) is 0 Å². The summed E-state index contributed by atoms with van der Waals surface area (Å²) in [5.74, 6) is -0.000883. The van der Waals surface area contributed by atoms with E-state index in [9.17, 15) is 9.59 Å². The third-order valence-corrected chi connectivity index (χ3v) is 5.96. The summed E-state index contributed by atoms with van der Waals surface area (Å²) in [4.78, 5) is 35.9. The van der Waals surface area contributed by atoms with Gasteiger partial charge in [-0.25, -0.2) is 4.98 Å². The van der Waals surface area contributed by atoms with Crippen LogP contribution in [0.4, 0.5) is 5.69 Å². The van der Waals surface area contributed by atoms with Gasteiger partial charge in [0.2, 0.25) is 0 Å². The molecule has 0 radical (unpaired) electrons. The average Bonchev–Trinajstić information content (AvgIpc) is 3.30. The lowest BCUT2D eigenvalue weighted by molar-refractivity contribution is 0.0958. The van der Waals surface area contributed by atoms with Crippen molar-refractivity contribution >= 4 is 22.5 Å². The van der Waals surface area contributed by atoms with Gasteiger partial charge in [0.25, 0.3) is 11.5 Å². The van der Waals surface area contributed by atoms with E-state index in [0.717, 1.165) is 66.2 Å². The molecule has 2 N–H and O–H groups in total. The molecule has 0 unspecified atom stereocenters. The van der Waals surface area contributed by atoms with Crippen LogP contribution in [0.5, 0.6) is 5.75 Å². The Kier molecular flexibility index (Phi) is 4.23. The van der Waals surface area contributed by atoms with Gasteiger partial charge in [0.05, 0.1) is 29.6 Å². The van der Waals surface area contributed by atoms with Crippen LogP contribution in [-0.2, 0) is 13.0 Å². The first-order valence-electron chi connectivity index (χ1n) is 11.8. The molecule has 31 heavy (non-hydrogen) atoms. The minimum Gasteiger partial charge on any atom is -0.492 e. The first-order chi connectivity index (χ1) is 16.3. The Balaban J connectivity index is 1.20. The monoisotopic (exact) mass is 422 g/mol. The number of benzene rings is 1. The lowest BCUT2D eigenvalue weighted by atomic mass is 10.1. The van der Waals surface area contributed by atoms with E-state index < -0.39 is 12.9 Å². The van der Waals surface area contributed by atoms with Gasteiger partial charge in [-0.1, -0.05) is 6.07 Å². The van der Waals surface area contributed by atoms with Crippen molar-refractivity contribution in [1.29, 1.82) is 0 Å². The number of anilines is 1. The second-order valence-corrected chi connectivity index (χ2v) is 7.86. The second kappa shape index (κ2) is 8.03. The number of hydrogen-bond donors (Lipinski definition) is 2. The molecular weight excluding hydrogens is 394 g/mol. The number of aromatic amines is 1. The highest BCUT2D eigenvalue weighted by Gasteiger charge is 2.21. The molecule has 1 aromatic carbocycles. The van der Waals surface area contributed by atoms with E-state index in [2.05, 4.69) is 25.8 Å². The highest BCUT2D eigenvalue weighted by molar-refractivity contribution is 5.92. The summed E-state index contributed by atoms with van der Waals surface area (Å²) in [6.07, 6.45) is 2.25. The summed E-state index contributed by atoms with van der Waals surface area (Å²) < 4.78 is 27.1. The van der Waals surface area contributed by atoms with E-state index in [4.69, 9.17) is 8.85 Å². The molecular formula is C23H25N5O3. The number of rotatable bonds is 4. The lowest BCUT2D eigenvalue weighted by Crippen LogP contribution is -2.46. The van der Waals surface area contributed by atoms with Crippen LogP contribution in [-0.4, -0.2) is 60.5 Å². The zero-order valence-electron chi connectivity index (χ0n) is 20.0. The van der Waals surface area contributed by atoms with Crippen LogP contribution in [0.2, 0.25) is 0 Å². The topological polar surface area (TPSA) is 90.6 Å². The van der Waals surface area contributed by atoms with Crippen LogP contribution in [0.3, 0.4) is 0 Å². The fourth-order valence-corrected chi connectivity index (χ4v) is 4.30. The molecule has 3 aromatic rings. The normalized spacial score (nSPS) is 18.1. The smallest absolute Gasteiger partial charge is 0.269 e. The predicted octanol–water partition coefficient (Wildman–Crippen LogP) is 1.54. The van der Waals surface area contributed by atoms with Crippen LogP contribution < -0.4 is 20.5 Å². The largest absolute Gasteiger partial charge is 0.492 e. The van der Waals surface area contributed by atoms with Crippen LogP contribution in [0, 0.1) is 0 Å². The lowest BCUT2D eigenvalue weighted by Gasteiger charge is -2.36. The van der Waals surface area contributed by atoms with Gasteiger partial charge in [-0.3, -0.25) is 14.5 Å². The highest BCUT2D eigenvalue weighted by atomic mass is 16.5. The number of fused-ring (bicyclic) bond motifs is 3. The molecule has 0 aliphatic carbocycles. The van der Waals surface area contributed by atoms with Crippen molar-refractivity contribution in [1.82, 2.24) is 20.2 Å². The van der Waals surface area contributed by atoms with Gasteiger partial charge in [0, 0.05) is 55.6 Å². The number of piperazine rings is 1. The Bertz CT molecular complexity index is 1280. The summed E-state index contributed by atoms with van der Waals surface area (Å²) in [6, 6.07) is 9.47. The molecule has 0 spiro atoms. The van der Waals surface area contributed by atoms with Crippen molar-refractivity contribution in [2.45, 2.75) is 13.0 Å². The fraction of sp³-hybridized carbons (Fsp3) is 0.348. The number of amides is 1. The first-order valence-corrected chi connectivity index (χ1v) is 10.3. The molecule has 8 heteroatoms. The second-order valence-electron chi connectivity index (χ2n) is 7.86. The summed E-state index contributed by atoms with van der Waals surface area (Å²) >= 11 is 0. The van der Waals surface area contributed by atoms with Gasteiger partial charge in [-0.2, -0.15) is 0 Å². The van der Waals surface area contributed by atoms with Crippen LogP contribution in [0.15, 0.2) is 41.3 Å². The predicted molar refractivity (Wildman–Crippen MR) is 119 cm³/mol. The van der Waals surface area contributed by atoms with Crippen molar-refractivity contribution in [3.8, 4) is 5.75 Å². The minimum absolute atomic E-state index is 0.0683. The highest BCUT2D eigenvalue weighted by Crippen LogP contribution is 2.31. The molecule has 2 aromatic heterocycles. The van der Waals surface area contributed by atoms with Gasteiger partial charge < -0.3 is 19.9 Å². The molecule has 0 saturated carbocycles. The fourth-order valence-electron chi connectivity index (χ4n) is 4.30. The van der Waals surface area contributed by atoms with Gasteiger partial charge in [0.15, 0.2) is 0 Å². The van der Waals surface area contributed by atoms with E-state index in [1.807, 2.05) is 17.4 Å². The summed E-state index contributed by atoms with van der Waals surface area (Å²) in [5.41, 5.74) is 3.56. The number of H-pyrrole nitrogens is 1. The van der Waals surface area contributed by atoms with Crippen LogP contribution >= 0.6 is 0 Å². The molecule has 5 rings (SSSR count). The summed E-state index contributed by atoms with van der Waals surface area (Å²) in [7, 11) is 0. The van der Waals surface area contributed by atoms with Crippen molar-refractivity contribution < 1.29 is 13.6 Å². The Labute approximate surface area is 184 Å². The Morgan fingerprint density at radius 3 is 2.90 bits per heavy atom.